The predicted octanol–water partition coefficient (Wildman–Crippen LogP) is 2.70. The highest BCUT2D eigenvalue weighted by Gasteiger charge is 2.09. The lowest BCUT2D eigenvalue weighted by Gasteiger charge is -2.07. The minimum atomic E-state index is -0.309. The van der Waals surface area contributed by atoms with E-state index < -0.39 is 0 Å². The topological polar surface area (TPSA) is 62.0 Å². The fourth-order valence-corrected chi connectivity index (χ4v) is 1.95. The third-order valence-corrected chi connectivity index (χ3v) is 3.05. The first-order chi connectivity index (χ1) is 8.56. The number of anilines is 1. The molecule has 5 heteroatoms. The maximum absolute atomic E-state index is 12.0. The van der Waals surface area contributed by atoms with Gasteiger partial charge in [-0.3, -0.25) is 9.59 Å². The Bertz CT molecular complexity index is 649. The smallest absolute Gasteiger partial charge is 0.255 e. The summed E-state index contributed by atoms with van der Waals surface area (Å²) in [5, 5.41) is 2.74. The van der Waals surface area contributed by atoms with E-state index in [1.54, 1.807) is 19.1 Å². The maximum Gasteiger partial charge on any atom is 0.255 e. The summed E-state index contributed by atoms with van der Waals surface area (Å²) >= 11 is 3.34. The van der Waals surface area contributed by atoms with Crippen LogP contribution in [0.15, 0.2) is 45.7 Å². The molecule has 2 aromatic rings. The van der Waals surface area contributed by atoms with E-state index in [1.807, 2.05) is 18.2 Å². The minimum absolute atomic E-state index is 0.285. The van der Waals surface area contributed by atoms with Crippen molar-refractivity contribution in [1.29, 1.82) is 0 Å². The summed E-state index contributed by atoms with van der Waals surface area (Å²) in [6, 6.07) is 10.2. The Morgan fingerprint density at radius 3 is 2.67 bits per heavy atom. The van der Waals surface area contributed by atoms with Gasteiger partial charge in [-0.1, -0.05) is 12.1 Å². The van der Waals surface area contributed by atoms with Crippen LogP contribution in [-0.4, -0.2) is 10.9 Å². The monoisotopic (exact) mass is 306 g/mol. The Morgan fingerprint density at radius 1 is 1.28 bits per heavy atom. The molecule has 92 valence electrons. The second-order valence-electron chi connectivity index (χ2n) is 3.85. The number of hydrogen-bond acceptors (Lipinski definition) is 2. The number of aromatic nitrogens is 1. The quantitative estimate of drug-likeness (QED) is 0.896. The molecule has 18 heavy (non-hydrogen) atoms. The van der Waals surface area contributed by atoms with Crippen LogP contribution in [0.1, 0.15) is 16.1 Å². The van der Waals surface area contributed by atoms with E-state index in [0.29, 0.717) is 16.9 Å². The van der Waals surface area contributed by atoms with E-state index in [4.69, 9.17) is 0 Å². The van der Waals surface area contributed by atoms with Crippen molar-refractivity contribution in [2.75, 3.05) is 5.32 Å². The molecule has 0 unspecified atom stereocenters. The standard InChI is InChI=1S/C13H11BrN2O2/c1-8-6-9(7-12(17)15-8)13(18)16-11-5-3-2-4-10(11)14/h2-7H,1H3,(H,15,17)(H,16,18). The SMILES string of the molecule is Cc1cc(C(=O)Nc2ccccc2Br)cc(=O)[nH]1. The van der Waals surface area contributed by atoms with Crippen molar-refractivity contribution < 1.29 is 4.79 Å². The molecule has 0 aliphatic rings. The molecule has 1 aromatic carbocycles. The molecule has 0 spiro atoms. The predicted molar refractivity (Wildman–Crippen MR) is 73.9 cm³/mol. The molecule has 0 fully saturated rings. The van der Waals surface area contributed by atoms with Crippen LogP contribution < -0.4 is 10.9 Å². The summed E-state index contributed by atoms with van der Waals surface area (Å²) in [4.78, 5) is 25.9. The zero-order valence-corrected chi connectivity index (χ0v) is 11.2. The highest BCUT2D eigenvalue weighted by Crippen LogP contribution is 2.21. The number of amides is 1. The lowest BCUT2D eigenvalue weighted by molar-refractivity contribution is 0.102. The van der Waals surface area contributed by atoms with E-state index >= 15 is 0 Å². The Morgan fingerprint density at radius 2 is 2.00 bits per heavy atom. The molecule has 0 bridgehead atoms. The van der Waals surface area contributed by atoms with Gasteiger partial charge in [0, 0.05) is 21.8 Å². The minimum Gasteiger partial charge on any atom is -0.326 e. The van der Waals surface area contributed by atoms with Gasteiger partial charge in [0.25, 0.3) is 5.91 Å². The molecule has 0 atom stereocenters. The third kappa shape index (κ3) is 2.87. The zero-order chi connectivity index (χ0) is 13.1. The van der Waals surface area contributed by atoms with Crippen molar-refractivity contribution in [2.45, 2.75) is 6.92 Å². The first-order valence-corrected chi connectivity index (χ1v) is 6.12. The highest BCUT2D eigenvalue weighted by atomic mass is 79.9. The summed E-state index contributed by atoms with van der Waals surface area (Å²) < 4.78 is 0.792. The number of H-pyrrole nitrogens is 1. The van der Waals surface area contributed by atoms with Crippen LogP contribution in [0.4, 0.5) is 5.69 Å². The number of pyridine rings is 1. The molecule has 2 N–H and O–H groups in total. The van der Waals surface area contributed by atoms with Crippen LogP contribution in [-0.2, 0) is 0 Å². The first kappa shape index (κ1) is 12.6. The van der Waals surface area contributed by atoms with Crippen LogP contribution in [0.25, 0.3) is 0 Å². The molecule has 4 nitrogen and oxygen atoms in total. The van der Waals surface area contributed by atoms with Crippen molar-refractivity contribution >= 4 is 27.5 Å². The van der Waals surface area contributed by atoms with Gasteiger partial charge in [0.15, 0.2) is 0 Å². The average molecular weight is 307 g/mol. The van der Waals surface area contributed by atoms with Gasteiger partial charge in [0.1, 0.15) is 0 Å². The summed E-state index contributed by atoms with van der Waals surface area (Å²) in [5.74, 6) is -0.309. The Hall–Kier alpha value is -1.88. The molecule has 2 rings (SSSR count). The van der Waals surface area contributed by atoms with Gasteiger partial charge >= 0.3 is 0 Å². The number of rotatable bonds is 2. The van der Waals surface area contributed by atoms with Gasteiger partial charge in [-0.05, 0) is 41.1 Å². The first-order valence-electron chi connectivity index (χ1n) is 5.33. The normalized spacial score (nSPS) is 10.1. The van der Waals surface area contributed by atoms with Gasteiger partial charge < -0.3 is 10.3 Å². The molecule has 0 saturated heterocycles. The summed E-state index contributed by atoms with van der Waals surface area (Å²) in [7, 11) is 0. The maximum atomic E-state index is 12.0. The van der Waals surface area contributed by atoms with Crippen LogP contribution in [0.2, 0.25) is 0 Å². The number of carbonyl (C=O) groups is 1. The van der Waals surface area contributed by atoms with Crippen molar-refractivity contribution in [3.63, 3.8) is 0 Å². The number of halogens is 1. The number of carbonyl (C=O) groups excluding carboxylic acids is 1. The van der Waals surface area contributed by atoms with Gasteiger partial charge in [-0.2, -0.15) is 0 Å². The van der Waals surface area contributed by atoms with Gasteiger partial charge in [0.2, 0.25) is 5.56 Å². The number of hydrogen-bond donors (Lipinski definition) is 2. The average Bonchev–Trinajstić information content (AvgIpc) is 2.31. The van der Waals surface area contributed by atoms with Crippen molar-refractivity contribution in [2.24, 2.45) is 0 Å². The summed E-state index contributed by atoms with van der Waals surface area (Å²) in [6.45, 7) is 1.73. The van der Waals surface area contributed by atoms with Crippen LogP contribution >= 0.6 is 15.9 Å². The lowest BCUT2D eigenvalue weighted by atomic mass is 10.2. The Balaban J connectivity index is 2.28. The van der Waals surface area contributed by atoms with E-state index in [2.05, 4.69) is 26.2 Å². The van der Waals surface area contributed by atoms with E-state index in [-0.39, 0.29) is 11.5 Å². The Labute approximate surface area is 112 Å². The van der Waals surface area contributed by atoms with Crippen molar-refractivity contribution in [3.05, 3.63) is 62.5 Å². The second-order valence-corrected chi connectivity index (χ2v) is 4.70. The van der Waals surface area contributed by atoms with Gasteiger partial charge in [-0.15, -0.1) is 0 Å². The van der Waals surface area contributed by atoms with E-state index in [1.165, 1.54) is 6.07 Å². The third-order valence-electron chi connectivity index (χ3n) is 2.36. The largest absolute Gasteiger partial charge is 0.326 e. The van der Waals surface area contributed by atoms with Crippen LogP contribution in [0, 0.1) is 6.92 Å². The summed E-state index contributed by atoms with van der Waals surface area (Å²) in [5.41, 5.74) is 1.37. The number of benzene rings is 1. The molecule has 1 aromatic heterocycles. The van der Waals surface area contributed by atoms with E-state index in [9.17, 15) is 9.59 Å². The number of aryl methyl sites for hydroxylation is 1. The zero-order valence-electron chi connectivity index (χ0n) is 9.66. The lowest BCUT2D eigenvalue weighted by Crippen LogP contribution is -2.17. The van der Waals surface area contributed by atoms with E-state index in [0.717, 1.165) is 4.47 Å². The Kier molecular flexibility index (Phi) is 3.62. The molecule has 0 saturated carbocycles. The fourth-order valence-electron chi connectivity index (χ4n) is 1.57. The van der Waals surface area contributed by atoms with Gasteiger partial charge in [0.05, 0.1) is 5.69 Å². The number of para-hydroxylation sites is 1. The highest BCUT2D eigenvalue weighted by molar-refractivity contribution is 9.10. The van der Waals surface area contributed by atoms with Crippen molar-refractivity contribution in [1.82, 2.24) is 4.98 Å². The molecular formula is C13H11BrN2O2. The molecule has 0 aliphatic carbocycles. The fraction of sp³-hybridized carbons (Fsp3) is 0.0769. The number of aromatic amines is 1. The molecule has 0 radical (unpaired) electrons. The van der Waals surface area contributed by atoms with Crippen molar-refractivity contribution in [3.8, 4) is 0 Å². The van der Waals surface area contributed by atoms with Gasteiger partial charge in [-0.25, -0.2) is 0 Å². The van der Waals surface area contributed by atoms with Crippen LogP contribution in [0.5, 0.6) is 0 Å². The molecule has 1 amide bonds. The second kappa shape index (κ2) is 5.18. The number of nitrogens with one attached hydrogen (secondary N) is 2. The summed E-state index contributed by atoms with van der Waals surface area (Å²) in [6.07, 6.45) is 0. The molecular weight excluding hydrogens is 296 g/mol. The van der Waals surface area contributed by atoms with Crippen LogP contribution in [0.3, 0.4) is 0 Å². The molecule has 1 heterocycles. The molecule has 0 aliphatic heterocycles.